The summed E-state index contributed by atoms with van der Waals surface area (Å²) < 4.78 is 54.8. The molecule has 2 aromatic carbocycles. The Morgan fingerprint density at radius 3 is 2.40 bits per heavy atom. The number of hydrogen-bond donors (Lipinski definition) is 2. The third-order valence-electron chi connectivity index (χ3n) is 3.34. The van der Waals surface area contributed by atoms with Crippen molar-refractivity contribution < 1.29 is 27.5 Å². The first-order valence-corrected chi connectivity index (χ1v) is 8.03. The van der Waals surface area contributed by atoms with Crippen molar-refractivity contribution in [2.24, 2.45) is 0 Å². The van der Waals surface area contributed by atoms with Crippen LogP contribution in [0.15, 0.2) is 40.9 Å². The molecule has 0 fully saturated rings. The summed E-state index contributed by atoms with van der Waals surface area (Å²) in [5.41, 5.74) is -0.824. The van der Waals surface area contributed by atoms with E-state index in [4.69, 9.17) is 11.6 Å². The minimum Gasteiger partial charge on any atom is -0.382 e. The van der Waals surface area contributed by atoms with Crippen molar-refractivity contribution in [1.29, 1.82) is 0 Å². The highest BCUT2D eigenvalue weighted by Crippen LogP contribution is 2.31. The van der Waals surface area contributed by atoms with Gasteiger partial charge in [0.05, 0.1) is 21.6 Å². The van der Waals surface area contributed by atoms with Gasteiger partial charge in [0.1, 0.15) is 11.9 Å². The zero-order chi connectivity index (χ0) is 18.8. The van der Waals surface area contributed by atoms with E-state index in [-0.39, 0.29) is 15.1 Å². The second kappa shape index (κ2) is 7.72. The van der Waals surface area contributed by atoms with Crippen LogP contribution in [0.5, 0.6) is 0 Å². The third kappa shape index (κ3) is 4.50. The van der Waals surface area contributed by atoms with Crippen molar-refractivity contribution >= 4 is 33.4 Å². The van der Waals surface area contributed by atoms with Gasteiger partial charge in [0.25, 0.3) is 11.8 Å². The average molecular weight is 441 g/mol. The smallest absolute Gasteiger partial charge is 0.294 e. The van der Waals surface area contributed by atoms with Gasteiger partial charge >= 0.3 is 0 Å². The predicted molar refractivity (Wildman–Crippen MR) is 87.8 cm³/mol. The number of halogens is 6. The lowest BCUT2D eigenvalue weighted by Crippen LogP contribution is -2.41. The van der Waals surface area contributed by atoms with Crippen molar-refractivity contribution in [2.45, 2.75) is 12.0 Å². The Kier molecular flexibility index (Phi) is 6.08. The van der Waals surface area contributed by atoms with E-state index in [0.29, 0.717) is 0 Å². The highest BCUT2D eigenvalue weighted by Gasteiger charge is 2.40. The van der Waals surface area contributed by atoms with Gasteiger partial charge in [0.2, 0.25) is 0 Å². The van der Waals surface area contributed by atoms with Gasteiger partial charge in [-0.15, -0.1) is 0 Å². The van der Waals surface area contributed by atoms with E-state index in [1.54, 1.807) is 0 Å². The Balaban J connectivity index is 2.12. The second-order valence-electron chi connectivity index (χ2n) is 5.12. The molecule has 0 bridgehead atoms. The molecule has 0 saturated carbocycles. The molecular weight excluding hydrogens is 430 g/mol. The zero-order valence-corrected chi connectivity index (χ0v) is 14.7. The molecule has 2 aromatic rings. The van der Waals surface area contributed by atoms with Crippen LogP contribution in [0.1, 0.15) is 22.0 Å². The fourth-order valence-corrected chi connectivity index (χ4v) is 2.57. The summed E-state index contributed by atoms with van der Waals surface area (Å²) in [6.07, 6.45) is -2.28. The quantitative estimate of drug-likeness (QED) is 0.532. The molecule has 25 heavy (non-hydrogen) atoms. The number of hydrogen-bond acceptors (Lipinski definition) is 2. The van der Waals surface area contributed by atoms with Gasteiger partial charge in [-0.25, -0.2) is 17.6 Å². The monoisotopic (exact) mass is 439 g/mol. The van der Waals surface area contributed by atoms with Crippen LogP contribution in [0.25, 0.3) is 0 Å². The van der Waals surface area contributed by atoms with Gasteiger partial charge in [0.15, 0.2) is 5.82 Å². The second-order valence-corrected chi connectivity index (χ2v) is 6.38. The summed E-state index contributed by atoms with van der Waals surface area (Å²) in [7, 11) is 0. The molecular formula is C16H11BrClF4NO2. The number of aliphatic hydroxyl groups is 1. The maximum absolute atomic E-state index is 14.1. The molecule has 0 radical (unpaired) electrons. The number of aliphatic hydroxyl groups excluding tert-OH is 1. The van der Waals surface area contributed by atoms with Crippen molar-refractivity contribution in [2.75, 3.05) is 6.54 Å². The minimum atomic E-state index is -3.78. The number of carbonyl (C=O) groups excluding carboxylic acids is 1. The summed E-state index contributed by atoms with van der Waals surface area (Å²) in [5, 5.41) is 11.3. The van der Waals surface area contributed by atoms with Gasteiger partial charge < -0.3 is 10.4 Å². The number of rotatable bonds is 5. The molecule has 0 spiro atoms. The Hall–Kier alpha value is -1.64. The molecule has 0 aromatic heterocycles. The standard InChI is InChI=1S/C16H11BrClF4NO2/c17-10-5-6-11(18)12(13(10)20)15(25)23-7-16(21,22)14(24)8-1-3-9(19)4-2-8/h1-6,14,24H,7H2,(H,23,25). The fourth-order valence-electron chi connectivity index (χ4n) is 2.01. The average Bonchev–Trinajstić information content (AvgIpc) is 2.57. The highest BCUT2D eigenvalue weighted by molar-refractivity contribution is 9.10. The van der Waals surface area contributed by atoms with Crippen LogP contribution in [0.2, 0.25) is 5.02 Å². The Bertz CT molecular complexity index is 786. The number of nitrogens with one attached hydrogen (secondary N) is 1. The maximum Gasteiger partial charge on any atom is 0.294 e. The van der Waals surface area contributed by atoms with E-state index in [1.807, 2.05) is 5.32 Å². The van der Waals surface area contributed by atoms with Crippen LogP contribution < -0.4 is 5.32 Å². The van der Waals surface area contributed by atoms with Gasteiger partial charge in [-0.3, -0.25) is 4.79 Å². The Labute approximate surface area is 153 Å². The molecule has 1 atom stereocenters. The molecule has 2 N–H and O–H groups in total. The molecule has 0 aliphatic heterocycles. The molecule has 0 saturated heterocycles. The van der Waals surface area contributed by atoms with E-state index < -0.39 is 41.7 Å². The first kappa shape index (κ1) is 19.7. The summed E-state index contributed by atoms with van der Waals surface area (Å²) in [4.78, 5) is 12.0. The topological polar surface area (TPSA) is 49.3 Å². The summed E-state index contributed by atoms with van der Waals surface area (Å²) in [5.74, 6) is -6.57. The molecule has 0 heterocycles. The van der Waals surface area contributed by atoms with Crippen LogP contribution in [-0.2, 0) is 0 Å². The van der Waals surface area contributed by atoms with Crippen LogP contribution in [0, 0.1) is 11.6 Å². The molecule has 2 rings (SSSR count). The van der Waals surface area contributed by atoms with Gasteiger partial charge in [-0.1, -0.05) is 23.7 Å². The SMILES string of the molecule is O=C(NCC(F)(F)C(O)c1ccc(F)cc1)c1c(Cl)ccc(Br)c1F. The number of benzene rings is 2. The molecule has 1 amide bonds. The lowest BCUT2D eigenvalue weighted by Gasteiger charge is -2.23. The number of alkyl halides is 2. The van der Waals surface area contributed by atoms with E-state index in [9.17, 15) is 27.5 Å². The van der Waals surface area contributed by atoms with Crippen LogP contribution >= 0.6 is 27.5 Å². The maximum atomic E-state index is 14.1. The van der Waals surface area contributed by atoms with Gasteiger partial charge in [-0.2, -0.15) is 0 Å². The van der Waals surface area contributed by atoms with Crippen LogP contribution in [0.4, 0.5) is 17.6 Å². The summed E-state index contributed by atoms with van der Waals surface area (Å²) in [6.45, 7) is -1.27. The van der Waals surface area contributed by atoms with E-state index in [1.165, 1.54) is 12.1 Å². The first-order chi connectivity index (χ1) is 11.6. The normalized spacial score (nSPS) is 12.8. The fraction of sp³-hybridized carbons (Fsp3) is 0.188. The molecule has 1 unspecified atom stereocenters. The van der Waals surface area contributed by atoms with Crippen molar-refractivity contribution in [1.82, 2.24) is 5.32 Å². The van der Waals surface area contributed by atoms with Gasteiger partial charge in [-0.05, 0) is 45.8 Å². The summed E-state index contributed by atoms with van der Waals surface area (Å²) in [6, 6.07) is 6.34. The van der Waals surface area contributed by atoms with E-state index >= 15 is 0 Å². The van der Waals surface area contributed by atoms with E-state index in [0.717, 1.165) is 24.3 Å². The molecule has 134 valence electrons. The lowest BCUT2D eigenvalue weighted by atomic mass is 10.0. The molecule has 3 nitrogen and oxygen atoms in total. The first-order valence-electron chi connectivity index (χ1n) is 6.86. The highest BCUT2D eigenvalue weighted by atomic mass is 79.9. The predicted octanol–water partition coefficient (Wildman–Crippen LogP) is 4.48. The summed E-state index contributed by atoms with van der Waals surface area (Å²) >= 11 is 8.59. The number of amides is 1. The third-order valence-corrected chi connectivity index (χ3v) is 4.27. The van der Waals surface area contributed by atoms with Crippen LogP contribution in [0.3, 0.4) is 0 Å². The number of carbonyl (C=O) groups is 1. The molecule has 0 aliphatic carbocycles. The molecule has 9 heteroatoms. The van der Waals surface area contributed by atoms with E-state index in [2.05, 4.69) is 15.9 Å². The Morgan fingerprint density at radius 2 is 1.80 bits per heavy atom. The molecule has 0 aliphatic rings. The Morgan fingerprint density at radius 1 is 1.20 bits per heavy atom. The lowest BCUT2D eigenvalue weighted by molar-refractivity contribution is -0.106. The largest absolute Gasteiger partial charge is 0.382 e. The van der Waals surface area contributed by atoms with Crippen molar-refractivity contribution in [3.05, 3.63) is 68.7 Å². The minimum absolute atomic E-state index is 0.0554. The van der Waals surface area contributed by atoms with Crippen LogP contribution in [-0.4, -0.2) is 23.5 Å². The van der Waals surface area contributed by atoms with Crippen molar-refractivity contribution in [3.8, 4) is 0 Å². The van der Waals surface area contributed by atoms with Crippen molar-refractivity contribution in [3.63, 3.8) is 0 Å². The zero-order valence-electron chi connectivity index (χ0n) is 12.4. The van der Waals surface area contributed by atoms with Gasteiger partial charge in [0, 0.05) is 0 Å².